The van der Waals surface area contributed by atoms with Gasteiger partial charge in [0, 0.05) is 24.4 Å². The molecule has 28 heavy (non-hydrogen) atoms. The predicted molar refractivity (Wildman–Crippen MR) is 107 cm³/mol. The molecule has 3 rings (SSSR count). The summed E-state index contributed by atoms with van der Waals surface area (Å²) in [6.07, 6.45) is 1.63. The number of nitrogens with zero attached hydrogens (tertiary/aromatic N) is 2. The summed E-state index contributed by atoms with van der Waals surface area (Å²) in [6, 6.07) is 8.81. The Morgan fingerprint density at radius 1 is 1.21 bits per heavy atom. The zero-order valence-electron chi connectivity index (χ0n) is 16.3. The van der Waals surface area contributed by atoms with E-state index in [0.29, 0.717) is 23.6 Å². The summed E-state index contributed by atoms with van der Waals surface area (Å²) in [6.45, 7) is 4.02. The Morgan fingerprint density at radius 3 is 2.61 bits per heavy atom. The molecule has 8 nitrogen and oxygen atoms in total. The van der Waals surface area contributed by atoms with E-state index in [1.54, 1.807) is 38.6 Å². The van der Waals surface area contributed by atoms with Crippen molar-refractivity contribution < 1.29 is 14.3 Å². The number of hydrogen-bond donors (Lipinski definition) is 3. The summed E-state index contributed by atoms with van der Waals surface area (Å²) in [5, 5.41) is 9.32. The van der Waals surface area contributed by atoms with Crippen LogP contribution in [0.1, 0.15) is 34.6 Å². The Morgan fingerprint density at radius 2 is 1.96 bits per heavy atom. The number of nitrogens with one attached hydrogen (secondary N) is 3. The van der Waals surface area contributed by atoms with Gasteiger partial charge < -0.3 is 25.4 Å². The largest absolute Gasteiger partial charge is 0.497 e. The van der Waals surface area contributed by atoms with Crippen LogP contribution in [0.4, 0.5) is 0 Å². The van der Waals surface area contributed by atoms with E-state index in [4.69, 9.17) is 9.47 Å². The average molecular weight is 383 g/mol. The number of hydrogen-bond acceptors (Lipinski definition) is 7. The summed E-state index contributed by atoms with van der Waals surface area (Å²) in [5.74, 6) is 1.94. The number of guanidine groups is 1. The number of benzene rings is 1. The molecule has 0 fully saturated rings. The van der Waals surface area contributed by atoms with Gasteiger partial charge in [-0.3, -0.25) is 14.8 Å². The molecule has 148 valence electrons. The molecule has 0 saturated carbocycles. The van der Waals surface area contributed by atoms with Gasteiger partial charge in [0.05, 0.1) is 39.0 Å². The average Bonchev–Trinajstić information content (AvgIpc) is 3.25. The number of amides is 1. The number of pyridine rings is 1. The lowest BCUT2D eigenvalue weighted by Crippen LogP contribution is -2.33. The molecular formula is C20H25N5O3. The first-order valence-electron chi connectivity index (χ1n) is 9.10. The highest BCUT2D eigenvalue weighted by molar-refractivity contribution is 5.94. The normalized spacial score (nSPS) is 13.9. The second-order valence-electron chi connectivity index (χ2n) is 6.39. The van der Waals surface area contributed by atoms with Crippen LogP contribution in [0.15, 0.2) is 41.5 Å². The summed E-state index contributed by atoms with van der Waals surface area (Å²) >= 11 is 0. The number of ether oxygens (including phenoxy) is 2. The molecule has 8 heteroatoms. The van der Waals surface area contributed by atoms with Gasteiger partial charge in [0.15, 0.2) is 5.96 Å². The maximum Gasteiger partial charge on any atom is 0.251 e. The van der Waals surface area contributed by atoms with Gasteiger partial charge in [-0.25, -0.2) is 0 Å². The lowest BCUT2D eigenvalue weighted by atomic mass is 10.1. The van der Waals surface area contributed by atoms with Crippen molar-refractivity contribution >= 4 is 11.9 Å². The highest BCUT2D eigenvalue weighted by Gasteiger charge is 2.14. The number of methoxy groups -OCH3 is 2. The van der Waals surface area contributed by atoms with Crippen molar-refractivity contribution in [3.63, 3.8) is 0 Å². The van der Waals surface area contributed by atoms with E-state index in [1.807, 2.05) is 19.1 Å². The first-order chi connectivity index (χ1) is 13.6. The molecule has 3 N–H and O–H groups in total. The zero-order valence-corrected chi connectivity index (χ0v) is 16.3. The van der Waals surface area contributed by atoms with E-state index >= 15 is 0 Å². The third-order valence-electron chi connectivity index (χ3n) is 4.41. The molecule has 0 aliphatic carbocycles. The first kappa shape index (κ1) is 19.5. The number of carbonyl (C=O) groups is 1. The number of carbonyl (C=O) groups excluding carboxylic acids is 1. The molecule has 1 unspecified atom stereocenters. The van der Waals surface area contributed by atoms with Gasteiger partial charge in [0.1, 0.15) is 11.5 Å². The van der Waals surface area contributed by atoms with E-state index in [9.17, 15) is 4.79 Å². The molecule has 0 bridgehead atoms. The molecule has 2 heterocycles. The highest BCUT2D eigenvalue weighted by Crippen LogP contribution is 2.26. The smallest absolute Gasteiger partial charge is 0.251 e. The number of aliphatic imine (C=N–C) groups is 1. The van der Waals surface area contributed by atoms with Crippen LogP contribution in [-0.4, -0.2) is 44.2 Å². The van der Waals surface area contributed by atoms with Crippen molar-refractivity contribution in [2.75, 3.05) is 27.3 Å². The first-order valence-corrected chi connectivity index (χ1v) is 9.10. The molecule has 1 aliphatic rings. The number of rotatable bonds is 7. The zero-order chi connectivity index (χ0) is 19.9. The molecule has 1 aromatic carbocycles. The monoisotopic (exact) mass is 383 g/mol. The van der Waals surface area contributed by atoms with Crippen molar-refractivity contribution in [1.82, 2.24) is 20.9 Å². The van der Waals surface area contributed by atoms with E-state index in [0.717, 1.165) is 30.3 Å². The molecule has 0 radical (unpaired) electrons. The third kappa shape index (κ3) is 4.91. The van der Waals surface area contributed by atoms with Crippen molar-refractivity contribution in [3.05, 3.63) is 53.3 Å². The second-order valence-corrected chi connectivity index (χ2v) is 6.39. The van der Waals surface area contributed by atoms with Crippen LogP contribution >= 0.6 is 0 Å². The molecule has 0 saturated heterocycles. The molecule has 2 aromatic rings. The minimum Gasteiger partial charge on any atom is -0.497 e. The Labute approximate surface area is 164 Å². The van der Waals surface area contributed by atoms with Gasteiger partial charge >= 0.3 is 0 Å². The molecule has 1 aromatic heterocycles. The molecule has 1 aliphatic heterocycles. The van der Waals surface area contributed by atoms with Gasteiger partial charge in [-0.05, 0) is 36.8 Å². The topological polar surface area (TPSA) is 96.9 Å². The standard InChI is InChI=1S/C20H25N5O3/c1-13(15-9-17(27-2)11-18(10-15)28-3)25-19(26)14-4-5-21-16(8-14)12-24-20-22-6-7-23-20/h4-5,8-11,13H,6-7,12H2,1-3H3,(H,25,26)(H2,22,23,24). The fourth-order valence-corrected chi connectivity index (χ4v) is 2.85. The van der Waals surface area contributed by atoms with Crippen LogP contribution in [0.3, 0.4) is 0 Å². The van der Waals surface area contributed by atoms with Gasteiger partial charge in [-0.1, -0.05) is 0 Å². The summed E-state index contributed by atoms with van der Waals surface area (Å²) < 4.78 is 10.6. The fourth-order valence-electron chi connectivity index (χ4n) is 2.85. The fraction of sp³-hybridized carbons (Fsp3) is 0.350. The predicted octanol–water partition coefficient (Wildman–Crippen LogP) is 1.64. The van der Waals surface area contributed by atoms with Gasteiger partial charge in [-0.15, -0.1) is 0 Å². The van der Waals surface area contributed by atoms with Crippen LogP contribution in [0, 0.1) is 0 Å². The Kier molecular flexibility index (Phi) is 6.31. The molecule has 0 spiro atoms. The van der Waals surface area contributed by atoms with Crippen LogP contribution in [0.2, 0.25) is 0 Å². The van der Waals surface area contributed by atoms with Crippen LogP contribution in [0.25, 0.3) is 0 Å². The van der Waals surface area contributed by atoms with Gasteiger partial charge in [-0.2, -0.15) is 0 Å². The van der Waals surface area contributed by atoms with Crippen molar-refractivity contribution in [1.29, 1.82) is 0 Å². The van der Waals surface area contributed by atoms with Crippen molar-refractivity contribution in [2.45, 2.75) is 19.5 Å². The summed E-state index contributed by atoms with van der Waals surface area (Å²) in [7, 11) is 3.20. The quantitative estimate of drug-likeness (QED) is 0.673. The van der Waals surface area contributed by atoms with Gasteiger partial charge in [0.25, 0.3) is 5.91 Å². The van der Waals surface area contributed by atoms with Crippen molar-refractivity contribution in [2.24, 2.45) is 4.99 Å². The maximum atomic E-state index is 12.7. The minimum absolute atomic E-state index is 0.172. The maximum absolute atomic E-state index is 12.7. The third-order valence-corrected chi connectivity index (χ3v) is 4.41. The van der Waals surface area contributed by atoms with Crippen LogP contribution in [0.5, 0.6) is 11.5 Å². The Balaban J connectivity index is 1.66. The van der Waals surface area contributed by atoms with Crippen LogP contribution < -0.4 is 25.4 Å². The van der Waals surface area contributed by atoms with E-state index in [2.05, 4.69) is 25.9 Å². The number of aromatic nitrogens is 1. The lowest BCUT2D eigenvalue weighted by molar-refractivity contribution is 0.0939. The summed E-state index contributed by atoms with van der Waals surface area (Å²) in [5.41, 5.74) is 2.21. The molecule has 1 amide bonds. The molecular weight excluding hydrogens is 358 g/mol. The van der Waals surface area contributed by atoms with Gasteiger partial charge in [0.2, 0.25) is 0 Å². The minimum atomic E-state index is -0.219. The highest BCUT2D eigenvalue weighted by atomic mass is 16.5. The second kappa shape index (κ2) is 9.07. The van der Waals surface area contributed by atoms with E-state index < -0.39 is 0 Å². The van der Waals surface area contributed by atoms with E-state index in [-0.39, 0.29) is 11.9 Å². The summed E-state index contributed by atoms with van der Waals surface area (Å²) in [4.78, 5) is 21.3. The Hall–Kier alpha value is -3.29. The molecule has 1 atom stereocenters. The SMILES string of the molecule is COc1cc(OC)cc(C(C)NC(=O)c2ccnc(CNC3=NCCN3)c2)c1. The lowest BCUT2D eigenvalue weighted by Gasteiger charge is -2.17. The Bertz CT molecular complexity index is 846. The van der Waals surface area contributed by atoms with Crippen molar-refractivity contribution in [3.8, 4) is 11.5 Å². The van der Waals surface area contributed by atoms with E-state index in [1.165, 1.54) is 0 Å². The van der Waals surface area contributed by atoms with Crippen LogP contribution in [-0.2, 0) is 6.54 Å².